The monoisotopic (exact) mass is 344 g/mol. The van der Waals surface area contributed by atoms with Gasteiger partial charge in [0.25, 0.3) is 5.91 Å². The van der Waals surface area contributed by atoms with Crippen LogP contribution in [0.3, 0.4) is 0 Å². The molecule has 0 aliphatic heterocycles. The van der Waals surface area contributed by atoms with Crippen LogP contribution >= 0.6 is 11.3 Å². The molecule has 0 atom stereocenters. The first-order valence-corrected chi connectivity index (χ1v) is 9.27. The standard InChI is InChI=1S/C18H24N4OS/c1-12-14-16(19-10-9-13-7-5-4-6-8-13)20-11-21-17(14)24-15(12)18(23)22(2)3/h7,11H,4-6,8-10H2,1-3H3,(H,19,20,21). The summed E-state index contributed by atoms with van der Waals surface area (Å²) in [5.41, 5.74) is 2.51. The van der Waals surface area contributed by atoms with Crippen LogP contribution in [0.2, 0.25) is 0 Å². The number of hydrogen-bond donors (Lipinski definition) is 1. The fourth-order valence-electron chi connectivity index (χ4n) is 3.09. The van der Waals surface area contributed by atoms with Crippen molar-refractivity contribution < 1.29 is 4.79 Å². The number of amides is 1. The second-order valence-electron chi connectivity index (χ2n) is 6.44. The van der Waals surface area contributed by atoms with Crippen molar-refractivity contribution in [3.63, 3.8) is 0 Å². The minimum atomic E-state index is 0.0220. The lowest BCUT2D eigenvalue weighted by Crippen LogP contribution is -2.21. The van der Waals surface area contributed by atoms with Crippen molar-refractivity contribution in [3.8, 4) is 0 Å². The van der Waals surface area contributed by atoms with Gasteiger partial charge >= 0.3 is 0 Å². The molecule has 0 radical (unpaired) electrons. The van der Waals surface area contributed by atoms with Gasteiger partial charge in [-0.25, -0.2) is 9.97 Å². The highest BCUT2D eigenvalue weighted by Gasteiger charge is 2.20. The number of carbonyl (C=O) groups excluding carboxylic acids is 1. The fourth-order valence-corrected chi connectivity index (χ4v) is 4.26. The molecule has 0 saturated heterocycles. The molecular weight excluding hydrogens is 320 g/mol. The zero-order valence-electron chi connectivity index (χ0n) is 14.6. The van der Waals surface area contributed by atoms with Crippen LogP contribution in [0.15, 0.2) is 18.0 Å². The number of anilines is 1. The highest BCUT2D eigenvalue weighted by atomic mass is 32.1. The number of rotatable bonds is 5. The zero-order chi connectivity index (χ0) is 17.1. The topological polar surface area (TPSA) is 58.1 Å². The van der Waals surface area contributed by atoms with Gasteiger partial charge < -0.3 is 10.2 Å². The summed E-state index contributed by atoms with van der Waals surface area (Å²) in [4.78, 5) is 24.3. The maximum Gasteiger partial charge on any atom is 0.263 e. The first-order chi connectivity index (χ1) is 11.6. The summed E-state index contributed by atoms with van der Waals surface area (Å²) in [6.07, 6.45) is 10.1. The van der Waals surface area contributed by atoms with Gasteiger partial charge in [-0.3, -0.25) is 4.79 Å². The molecule has 0 spiro atoms. The lowest BCUT2D eigenvalue weighted by molar-refractivity contribution is 0.0831. The number of hydrogen-bond acceptors (Lipinski definition) is 5. The molecule has 6 heteroatoms. The highest BCUT2D eigenvalue weighted by Crippen LogP contribution is 2.33. The van der Waals surface area contributed by atoms with Crippen molar-refractivity contribution in [1.29, 1.82) is 0 Å². The number of fused-ring (bicyclic) bond motifs is 1. The van der Waals surface area contributed by atoms with E-state index in [-0.39, 0.29) is 5.91 Å². The Hall–Kier alpha value is -1.95. The quantitative estimate of drug-likeness (QED) is 0.833. The van der Waals surface area contributed by atoms with E-state index in [0.29, 0.717) is 0 Å². The summed E-state index contributed by atoms with van der Waals surface area (Å²) in [5, 5.41) is 4.42. The van der Waals surface area contributed by atoms with Gasteiger partial charge in [0, 0.05) is 20.6 Å². The SMILES string of the molecule is Cc1c(C(=O)N(C)C)sc2ncnc(NCCC3=CCCCC3)c12. The van der Waals surface area contributed by atoms with E-state index in [1.807, 2.05) is 6.92 Å². The Morgan fingerprint density at radius 2 is 2.17 bits per heavy atom. The third-order valence-corrected chi connectivity index (χ3v) is 5.64. The Bertz CT molecular complexity index is 779. The minimum absolute atomic E-state index is 0.0220. The number of aromatic nitrogens is 2. The summed E-state index contributed by atoms with van der Waals surface area (Å²) < 4.78 is 0. The fraction of sp³-hybridized carbons (Fsp3) is 0.500. The normalized spacial score (nSPS) is 14.5. The molecule has 5 nitrogen and oxygen atoms in total. The molecule has 1 aliphatic rings. The maximum atomic E-state index is 12.3. The van der Waals surface area contributed by atoms with Gasteiger partial charge in [0.2, 0.25) is 0 Å². The third kappa shape index (κ3) is 3.43. The van der Waals surface area contributed by atoms with Gasteiger partial charge in [0.1, 0.15) is 17.0 Å². The number of aryl methyl sites for hydroxylation is 1. The second kappa shape index (κ2) is 7.30. The van der Waals surface area contributed by atoms with Crippen molar-refractivity contribution in [2.45, 2.75) is 39.0 Å². The average Bonchev–Trinajstić information content (AvgIpc) is 2.93. The summed E-state index contributed by atoms with van der Waals surface area (Å²) >= 11 is 1.44. The van der Waals surface area contributed by atoms with Gasteiger partial charge in [-0.2, -0.15) is 0 Å². The van der Waals surface area contributed by atoms with Gasteiger partial charge in [-0.1, -0.05) is 11.6 Å². The van der Waals surface area contributed by atoms with Crippen LogP contribution in [0, 0.1) is 6.92 Å². The highest BCUT2D eigenvalue weighted by molar-refractivity contribution is 7.20. The average molecular weight is 344 g/mol. The van der Waals surface area contributed by atoms with Gasteiger partial charge in [-0.15, -0.1) is 11.3 Å². The molecule has 0 aromatic carbocycles. The minimum Gasteiger partial charge on any atom is -0.369 e. The van der Waals surface area contributed by atoms with Crippen molar-refractivity contribution >= 4 is 33.3 Å². The summed E-state index contributed by atoms with van der Waals surface area (Å²) in [6, 6.07) is 0. The first kappa shape index (κ1) is 16.9. The van der Waals surface area contributed by atoms with E-state index in [9.17, 15) is 4.79 Å². The van der Waals surface area contributed by atoms with E-state index < -0.39 is 0 Å². The molecule has 0 saturated carbocycles. The molecule has 1 amide bonds. The van der Waals surface area contributed by atoms with E-state index in [1.54, 1.807) is 30.9 Å². The van der Waals surface area contributed by atoms with Gasteiger partial charge in [-0.05, 0) is 44.6 Å². The molecule has 2 aromatic heterocycles. The van der Waals surface area contributed by atoms with Crippen LogP contribution in [0.1, 0.15) is 47.3 Å². The van der Waals surface area contributed by atoms with Crippen molar-refractivity contribution in [2.75, 3.05) is 26.0 Å². The summed E-state index contributed by atoms with van der Waals surface area (Å²) in [5.74, 6) is 0.858. The Labute approximate surface area is 146 Å². The lowest BCUT2D eigenvalue weighted by atomic mass is 9.97. The molecule has 2 heterocycles. The van der Waals surface area contributed by atoms with Crippen LogP contribution in [0.4, 0.5) is 5.82 Å². The van der Waals surface area contributed by atoms with Crippen LogP contribution in [0.25, 0.3) is 10.2 Å². The zero-order valence-corrected chi connectivity index (χ0v) is 15.4. The molecule has 3 rings (SSSR count). The van der Waals surface area contributed by atoms with Crippen LogP contribution < -0.4 is 5.32 Å². The number of nitrogens with one attached hydrogen (secondary N) is 1. The van der Waals surface area contributed by atoms with Crippen molar-refractivity contribution in [2.24, 2.45) is 0 Å². The largest absolute Gasteiger partial charge is 0.369 e. The predicted molar refractivity (Wildman–Crippen MR) is 99.8 cm³/mol. The Kier molecular flexibility index (Phi) is 5.14. The van der Waals surface area contributed by atoms with Crippen LogP contribution in [0.5, 0.6) is 0 Å². The molecule has 1 N–H and O–H groups in total. The molecule has 2 aromatic rings. The number of allylic oxidation sites excluding steroid dienone is 1. The number of thiophene rings is 1. The van der Waals surface area contributed by atoms with E-state index in [1.165, 1.54) is 37.0 Å². The van der Waals surface area contributed by atoms with Crippen molar-refractivity contribution in [3.05, 3.63) is 28.4 Å². The van der Waals surface area contributed by atoms with E-state index in [2.05, 4.69) is 21.4 Å². The molecule has 24 heavy (non-hydrogen) atoms. The first-order valence-electron chi connectivity index (χ1n) is 8.45. The Morgan fingerprint density at radius 1 is 1.33 bits per heavy atom. The second-order valence-corrected chi connectivity index (χ2v) is 7.44. The molecule has 0 fully saturated rings. The van der Waals surface area contributed by atoms with Crippen LogP contribution in [-0.4, -0.2) is 41.4 Å². The van der Waals surface area contributed by atoms with Gasteiger partial charge in [0.15, 0.2) is 0 Å². The molecule has 0 bridgehead atoms. The molecule has 128 valence electrons. The molecule has 1 aliphatic carbocycles. The Morgan fingerprint density at radius 3 is 2.88 bits per heavy atom. The lowest BCUT2D eigenvalue weighted by Gasteiger charge is -2.13. The van der Waals surface area contributed by atoms with E-state index >= 15 is 0 Å². The predicted octanol–water partition coefficient (Wildman–Crippen LogP) is 4.00. The van der Waals surface area contributed by atoms with Gasteiger partial charge in [0.05, 0.1) is 10.3 Å². The number of carbonyl (C=O) groups is 1. The summed E-state index contributed by atoms with van der Waals surface area (Å²) in [7, 11) is 3.55. The van der Waals surface area contributed by atoms with E-state index in [4.69, 9.17) is 0 Å². The van der Waals surface area contributed by atoms with E-state index in [0.717, 1.165) is 39.4 Å². The van der Waals surface area contributed by atoms with Crippen LogP contribution in [-0.2, 0) is 0 Å². The van der Waals surface area contributed by atoms with Crippen molar-refractivity contribution in [1.82, 2.24) is 14.9 Å². The maximum absolute atomic E-state index is 12.3. The third-order valence-electron chi connectivity index (χ3n) is 4.45. The molecular formula is C18H24N4OS. The Balaban J connectivity index is 1.80. The number of nitrogens with zero attached hydrogens (tertiary/aromatic N) is 3. The summed E-state index contributed by atoms with van der Waals surface area (Å²) in [6.45, 7) is 2.85. The smallest absolute Gasteiger partial charge is 0.263 e. The molecule has 0 unspecified atom stereocenters.